The van der Waals surface area contributed by atoms with E-state index >= 15 is 0 Å². The largest absolute Gasteiger partial charge is 0.369 e. The molecular formula is C8H16N2OS. The molecular weight excluding hydrogens is 172 g/mol. The van der Waals surface area contributed by atoms with Crippen molar-refractivity contribution in [2.45, 2.75) is 30.6 Å². The second kappa shape index (κ2) is 4.72. The number of primary amides is 1. The van der Waals surface area contributed by atoms with E-state index in [-0.39, 0.29) is 5.91 Å². The van der Waals surface area contributed by atoms with E-state index in [0.717, 1.165) is 5.25 Å². The summed E-state index contributed by atoms with van der Waals surface area (Å²) < 4.78 is 0. The smallest absolute Gasteiger partial charge is 0.231 e. The summed E-state index contributed by atoms with van der Waals surface area (Å²) in [7, 11) is 0. The van der Waals surface area contributed by atoms with Gasteiger partial charge in [-0.2, -0.15) is 11.8 Å². The number of hydrogen-bond acceptors (Lipinski definition) is 3. The first kappa shape index (κ1) is 9.86. The van der Waals surface area contributed by atoms with Gasteiger partial charge in [-0.3, -0.25) is 4.79 Å². The van der Waals surface area contributed by atoms with Crippen LogP contribution in [0.4, 0.5) is 0 Å². The molecule has 70 valence electrons. The van der Waals surface area contributed by atoms with Crippen molar-refractivity contribution in [2.75, 3.05) is 12.8 Å². The van der Waals surface area contributed by atoms with Crippen molar-refractivity contribution in [1.82, 2.24) is 5.32 Å². The molecule has 1 amide bonds. The lowest BCUT2D eigenvalue weighted by Gasteiger charge is -2.10. The summed E-state index contributed by atoms with van der Waals surface area (Å²) >= 11 is 1.91. The molecule has 0 aromatic heterocycles. The van der Waals surface area contributed by atoms with Gasteiger partial charge >= 0.3 is 0 Å². The maximum atomic E-state index is 10.5. The van der Waals surface area contributed by atoms with Crippen molar-refractivity contribution < 1.29 is 4.79 Å². The third-order valence-corrected chi connectivity index (χ3v) is 3.38. The van der Waals surface area contributed by atoms with E-state index in [0.29, 0.717) is 12.6 Å². The summed E-state index contributed by atoms with van der Waals surface area (Å²) in [5.41, 5.74) is 5.03. The lowest BCUT2D eigenvalue weighted by atomic mass is 10.2. The molecule has 0 bridgehead atoms. The Bertz CT molecular complexity index is 163. The maximum absolute atomic E-state index is 10.5. The van der Waals surface area contributed by atoms with Crippen LogP contribution in [0, 0.1) is 0 Å². The number of nitrogens with one attached hydrogen (secondary N) is 1. The van der Waals surface area contributed by atoms with Crippen LogP contribution in [0.3, 0.4) is 0 Å². The number of nitrogens with two attached hydrogens (primary N) is 1. The van der Waals surface area contributed by atoms with Crippen LogP contribution in [-0.4, -0.2) is 30.0 Å². The first-order chi connectivity index (χ1) is 5.72. The van der Waals surface area contributed by atoms with Gasteiger partial charge in [-0.05, 0) is 25.5 Å². The van der Waals surface area contributed by atoms with E-state index in [1.54, 1.807) is 0 Å². The molecule has 0 saturated heterocycles. The zero-order valence-corrected chi connectivity index (χ0v) is 8.19. The lowest BCUT2D eigenvalue weighted by Crippen LogP contribution is -2.35. The Morgan fingerprint density at radius 1 is 1.67 bits per heavy atom. The third-order valence-electron chi connectivity index (χ3n) is 2.28. The predicted molar refractivity (Wildman–Crippen MR) is 52.1 cm³/mol. The van der Waals surface area contributed by atoms with Crippen molar-refractivity contribution in [3.8, 4) is 0 Å². The highest BCUT2D eigenvalue weighted by atomic mass is 32.2. The Kier molecular flexibility index (Phi) is 3.88. The van der Waals surface area contributed by atoms with E-state index in [4.69, 9.17) is 5.73 Å². The van der Waals surface area contributed by atoms with Gasteiger partial charge in [0.25, 0.3) is 0 Å². The van der Waals surface area contributed by atoms with Crippen LogP contribution >= 0.6 is 11.8 Å². The number of carbonyl (C=O) groups excluding carboxylic acids is 1. The molecule has 0 aliphatic heterocycles. The number of thioether (sulfide) groups is 1. The van der Waals surface area contributed by atoms with Crippen molar-refractivity contribution in [3.05, 3.63) is 0 Å². The summed E-state index contributed by atoms with van der Waals surface area (Å²) in [5, 5.41) is 3.93. The normalized spacial score (nSPS) is 29.1. The fraction of sp³-hybridized carbons (Fsp3) is 0.875. The van der Waals surface area contributed by atoms with Gasteiger partial charge in [0.1, 0.15) is 0 Å². The molecule has 1 aliphatic rings. The van der Waals surface area contributed by atoms with Gasteiger partial charge in [-0.15, -0.1) is 0 Å². The van der Waals surface area contributed by atoms with Crippen LogP contribution in [0.1, 0.15) is 19.3 Å². The highest BCUT2D eigenvalue weighted by Gasteiger charge is 2.23. The van der Waals surface area contributed by atoms with Crippen LogP contribution in [0.5, 0.6) is 0 Å². The Hall–Kier alpha value is -0.220. The summed E-state index contributed by atoms with van der Waals surface area (Å²) in [4.78, 5) is 10.5. The minimum Gasteiger partial charge on any atom is -0.369 e. The molecule has 3 nitrogen and oxygen atoms in total. The molecule has 0 heterocycles. The number of rotatable bonds is 4. The molecule has 12 heavy (non-hydrogen) atoms. The Morgan fingerprint density at radius 2 is 2.42 bits per heavy atom. The average molecular weight is 188 g/mol. The summed E-state index contributed by atoms with van der Waals surface area (Å²) in [5.74, 6) is -0.261. The van der Waals surface area contributed by atoms with E-state index in [1.165, 1.54) is 19.3 Å². The minimum atomic E-state index is -0.261. The quantitative estimate of drug-likeness (QED) is 0.669. The molecule has 1 saturated carbocycles. The van der Waals surface area contributed by atoms with Gasteiger partial charge in [0, 0.05) is 11.3 Å². The van der Waals surface area contributed by atoms with Gasteiger partial charge in [0.15, 0.2) is 0 Å². The second-order valence-corrected chi connectivity index (χ2v) is 4.35. The highest BCUT2D eigenvalue weighted by molar-refractivity contribution is 7.99. The second-order valence-electron chi connectivity index (χ2n) is 3.21. The minimum absolute atomic E-state index is 0.261. The van der Waals surface area contributed by atoms with E-state index in [2.05, 4.69) is 11.6 Å². The van der Waals surface area contributed by atoms with Gasteiger partial charge in [0.05, 0.1) is 6.54 Å². The van der Waals surface area contributed by atoms with Crippen LogP contribution in [0.2, 0.25) is 0 Å². The fourth-order valence-electron chi connectivity index (χ4n) is 1.58. The van der Waals surface area contributed by atoms with Gasteiger partial charge < -0.3 is 11.1 Å². The topological polar surface area (TPSA) is 55.1 Å². The van der Waals surface area contributed by atoms with Gasteiger partial charge in [-0.25, -0.2) is 0 Å². The van der Waals surface area contributed by atoms with Crippen LogP contribution in [0.25, 0.3) is 0 Å². The Morgan fingerprint density at radius 3 is 2.92 bits per heavy atom. The zero-order valence-electron chi connectivity index (χ0n) is 7.38. The Balaban J connectivity index is 2.15. The van der Waals surface area contributed by atoms with Gasteiger partial charge in [-0.1, -0.05) is 0 Å². The summed E-state index contributed by atoms with van der Waals surface area (Å²) in [6.07, 6.45) is 5.76. The molecule has 1 fully saturated rings. The summed E-state index contributed by atoms with van der Waals surface area (Å²) in [6, 6.07) is 0.509. The van der Waals surface area contributed by atoms with E-state index in [1.807, 2.05) is 11.8 Å². The highest BCUT2D eigenvalue weighted by Crippen LogP contribution is 2.27. The molecule has 0 aromatic rings. The Labute approximate surface area is 77.5 Å². The monoisotopic (exact) mass is 188 g/mol. The SMILES string of the molecule is CSC1CCC(NCC(N)=O)C1. The first-order valence-electron chi connectivity index (χ1n) is 4.27. The number of carbonyl (C=O) groups is 1. The molecule has 4 heteroatoms. The molecule has 1 rings (SSSR count). The van der Waals surface area contributed by atoms with Crippen molar-refractivity contribution in [2.24, 2.45) is 5.73 Å². The van der Waals surface area contributed by atoms with Crippen molar-refractivity contribution in [1.29, 1.82) is 0 Å². The average Bonchev–Trinajstić information content (AvgIpc) is 2.48. The molecule has 3 N–H and O–H groups in total. The maximum Gasteiger partial charge on any atom is 0.231 e. The number of amides is 1. The van der Waals surface area contributed by atoms with E-state index in [9.17, 15) is 4.79 Å². The number of hydrogen-bond donors (Lipinski definition) is 2. The molecule has 2 unspecified atom stereocenters. The lowest BCUT2D eigenvalue weighted by molar-refractivity contribution is -0.117. The summed E-state index contributed by atoms with van der Waals surface area (Å²) in [6.45, 7) is 0.325. The zero-order chi connectivity index (χ0) is 8.97. The molecule has 0 radical (unpaired) electrons. The molecule has 0 spiro atoms. The van der Waals surface area contributed by atoms with Crippen LogP contribution in [-0.2, 0) is 4.79 Å². The third kappa shape index (κ3) is 3.03. The standard InChI is InChI=1S/C8H16N2OS/c1-12-7-3-2-6(4-7)10-5-8(9)11/h6-7,10H,2-5H2,1H3,(H2,9,11). The first-order valence-corrected chi connectivity index (χ1v) is 5.55. The van der Waals surface area contributed by atoms with Crippen molar-refractivity contribution >= 4 is 17.7 Å². The fourth-order valence-corrected chi connectivity index (χ4v) is 2.38. The predicted octanol–water partition coefficient (Wildman–Crippen LogP) is 0.345. The van der Waals surface area contributed by atoms with Crippen LogP contribution in [0.15, 0.2) is 0 Å². The molecule has 0 aromatic carbocycles. The molecule has 1 aliphatic carbocycles. The van der Waals surface area contributed by atoms with Gasteiger partial charge in [0.2, 0.25) is 5.91 Å². The van der Waals surface area contributed by atoms with Crippen LogP contribution < -0.4 is 11.1 Å². The van der Waals surface area contributed by atoms with E-state index < -0.39 is 0 Å². The molecule has 2 atom stereocenters. The van der Waals surface area contributed by atoms with Crippen molar-refractivity contribution in [3.63, 3.8) is 0 Å².